The number of allylic oxidation sites excluding steroid dienone is 2. The van der Waals surface area contributed by atoms with Crippen molar-refractivity contribution in [1.29, 1.82) is 0 Å². The van der Waals surface area contributed by atoms with E-state index in [-0.39, 0.29) is 35.8 Å². The number of fused-ring (bicyclic) bond motifs is 4. The minimum absolute atomic E-state index is 0.0654. The van der Waals surface area contributed by atoms with Crippen molar-refractivity contribution in [3.05, 3.63) is 161 Å². The maximum absolute atomic E-state index is 15.3. The van der Waals surface area contributed by atoms with E-state index in [0.717, 1.165) is 22.5 Å². The van der Waals surface area contributed by atoms with E-state index in [2.05, 4.69) is 5.32 Å². The summed E-state index contributed by atoms with van der Waals surface area (Å²) in [6, 6.07) is 39.8. The number of phenolic OH excluding ortho intramolecular Hbond substituents is 1. The molecule has 0 aromatic heterocycles. The van der Waals surface area contributed by atoms with Crippen LogP contribution in [0, 0.1) is 23.7 Å². The molecule has 3 fully saturated rings. The van der Waals surface area contributed by atoms with Gasteiger partial charge in [-0.15, -0.1) is 0 Å². The fraction of sp³-hybridized carbons (Fsp3) is 0.182. The van der Waals surface area contributed by atoms with Crippen molar-refractivity contribution in [3.8, 4) is 5.75 Å². The molecular weight excluding hydrogens is 686 g/mol. The average Bonchev–Trinajstić information content (AvgIpc) is 3.57. The molecule has 6 atom stereocenters. The fourth-order valence-electron chi connectivity index (χ4n) is 9.42. The Labute approximate surface area is 311 Å². The van der Waals surface area contributed by atoms with E-state index in [1.807, 2.05) is 78.9 Å². The van der Waals surface area contributed by atoms with E-state index in [1.165, 1.54) is 9.80 Å². The maximum Gasteiger partial charge on any atom is 0.246 e. The summed E-state index contributed by atoms with van der Waals surface area (Å²) in [6.07, 6.45) is 2.55. The summed E-state index contributed by atoms with van der Waals surface area (Å²) < 4.78 is 0. The molecule has 0 radical (unpaired) electrons. The molecule has 2 saturated heterocycles. The molecule has 262 valence electrons. The number of para-hydroxylation sites is 1. The van der Waals surface area contributed by atoms with E-state index in [4.69, 9.17) is 11.6 Å². The first kappa shape index (κ1) is 32.9. The van der Waals surface area contributed by atoms with E-state index in [0.29, 0.717) is 28.4 Å². The number of nitrogens with one attached hydrogen (secondary N) is 1. The average molecular weight is 720 g/mol. The Kier molecular flexibility index (Phi) is 7.82. The van der Waals surface area contributed by atoms with Crippen LogP contribution >= 0.6 is 11.6 Å². The van der Waals surface area contributed by atoms with Crippen LogP contribution in [0.3, 0.4) is 0 Å². The van der Waals surface area contributed by atoms with Crippen molar-refractivity contribution < 1.29 is 24.3 Å². The fourth-order valence-corrected chi connectivity index (χ4v) is 9.61. The Balaban J connectivity index is 1.16. The lowest BCUT2D eigenvalue weighted by atomic mass is 9.49. The second-order valence-corrected chi connectivity index (χ2v) is 14.7. The number of hydrogen-bond donors (Lipinski definition) is 2. The van der Waals surface area contributed by atoms with Crippen LogP contribution in [0.4, 0.5) is 22.7 Å². The number of nitrogens with zero attached hydrogens (tertiary/aromatic N) is 2. The van der Waals surface area contributed by atoms with Gasteiger partial charge in [-0.05, 0) is 96.6 Å². The second-order valence-electron chi connectivity index (χ2n) is 14.2. The minimum Gasteiger partial charge on any atom is -0.508 e. The Hall–Kier alpha value is -5.99. The predicted molar refractivity (Wildman–Crippen MR) is 203 cm³/mol. The van der Waals surface area contributed by atoms with Gasteiger partial charge in [0.15, 0.2) is 0 Å². The summed E-state index contributed by atoms with van der Waals surface area (Å²) in [5, 5.41) is 14.1. The molecule has 2 aliphatic carbocycles. The standard InChI is InChI=1S/C44H34ClN3O5/c45-28-10-7-13-32(24-28)48-41(51)37-25-36-34(39(26-14-20-33(49)21-15-26)44(37,43(48)53)27-8-3-1-4-9-27)22-23-35-38(36)42(52)47(40(35)50)31-18-16-30(17-19-31)46-29-11-5-2-6-12-29/h1-22,24,35-39,46,49H,23,25H2. The molecular formula is C44H34ClN3O5. The number of aromatic hydroxyl groups is 1. The zero-order valence-corrected chi connectivity index (χ0v) is 29.2. The molecule has 9 rings (SSSR count). The molecule has 2 heterocycles. The number of amides is 4. The van der Waals surface area contributed by atoms with Crippen molar-refractivity contribution >= 4 is 58.0 Å². The molecule has 2 N–H and O–H groups in total. The number of rotatable bonds is 6. The molecule has 0 spiro atoms. The summed E-state index contributed by atoms with van der Waals surface area (Å²) in [4.78, 5) is 61.5. The molecule has 0 bridgehead atoms. The third-order valence-electron chi connectivity index (χ3n) is 11.6. The molecule has 9 heteroatoms. The van der Waals surface area contributed by atoms with Gasteiger partial charge in [-0.25, -0.2) is 4.90 Å². The van der Waals surface area contributed by atoms with Crippen LogP contribution in [-0.4, -0.2) is 28.7 Å². The van der Waals surface area contributed by atoms with Gasteiger partial charge in [0, 0.05) is 22.3 Å². The van der Waals surface area contributed by atoms with Crippen molar-refractivity contribution in [1.82, 2.24) is 0 Å². The predicted octanol–water partition coefficient (Wildman–Crippen LogP) is 8.16. The zero-order valence-electron chi connectivity index (χ0n) is 28.4. The number of phenols is 1. The summed E-state index contributed by atoms with van der Waals surface area (Å²) in [7, 11) is 0. The molecule has 4 amide bonds. The Morgan fingerprint density at radius 3 is 2.04 bits per heavy atom. The highest BCUT2D eigenvalue weighted by atomic mass is 35.5. The minimum atomic E-state index is -1.38. The third-order valence-corrected chi connectivity index (χ3v) is 11.8. The molecule has 53 heavy (non-hydrogen) atoms. The first-order valence-corrected chi connectivity index (χ1v) is 18.1. The van der Waals surface area contributed by atoms with Crippen LogP contribution in [0.5, 0.6) is 5.75 Å². The van der Waals surface area contributed by atoms with Crippen molar-refractivity contribution in [2.24, 2.45) is 23.7 Å². The van der Waals surface area contributed by atoms with Crippen LogP contribution in [0.2, 0.25) is 5.02 Å². The lowest BCUT2D eigenvalue weighted by molar-refractivity contribution is -0.127. The zero-order chi connectivity index (χ0) is 36.4. The number of carbonyl (C=O) groups excluding carboxylic acids is 4. The summed E-state index contributed by atoms with van der Waals surface area (Å²) in [5.74, 6) is -4.62. The van der Waals surface area contributed by atoms with Crippen molar-refractivity contribution in [3.63, 3.8) is 0 Å². The Morgan fingerprint density at radius 1 is 0.660 bits per heavy atom. The van der Waals surface area contributed by atoms with Crippen LogP contribution < -0.4 is 15.1 Å². The molecule has 6 unspecified atom stereocenters. The largest absolute Gasteiger partial charge is 0.508 e. The molecule has 8 nitrogen and oxygen atoms in total. The highest BCUT2D eigenvalue weighted by molar-refractivity contribution is 6.32. The summed E-state index contributed by atoms with van der Waals surface area (Å²) in [5.41, 5.74) is 3.49. The summed E-state index contributed by atoms with van der Waals surface area (Å²) in [6.45, 7) is 0. The topological polar surface area (TPSA) is 107 Å². The number of hydrogen-bond acceptors (Lipinski definition) is 6. The van der Waals surface area contributed by atoms with Gasteiger partial charge in [-0.2, -0.15) is 0 Å². The second kappa shape index (κ2) is 12.6. The van der Waals surface area contributed by atoms with Gasteiger partial charge in [0.05, 0.1) is 34.5 Å². The van der Waals surface area contributed by atoms with Gasteiger partial charge >= 0.3 is 0 Å². The van der Waals surface area contributed by atoms with E-state index in [1.54, 1.807) is 60.7 Å². The van der Waals surface area contributed by atoms with Crippen LogP contribution in [0.25, 0.3) is 0 Å². The quantitative estimate of drug-likeness (QED) is 0.136. The normalized spacial score (nSPS) is 26.2. The number of imide groups is 2. The van der Waals surface area contributed by atoms with Gasteiger partial charge in [0.2, 0.25) is 23.6 Å². The Bertz CT molecular complexity index is 2310. The van der Waals surface area contributed by atoms with Crippen LogP contribution in [0.1, 0.15) is 29.9 Å². The lowest BCUT2D eigenvalue weighted by Crippen LogP contribution is -2.53. The first-order chi connectivity index (χ1) is 25.8. The molecule has 1 saturated carbocycles. The third kappa shape index (κ3) is 5.04. The summed E-state index contributed by atoms with van der Waals surface area (Å²) >= 11 is 6.40. The van der Waals surface area contributed by atoms with Gasteiger partial charge < -0.3 is 10.4 Å². The van der Waals surface area contributed by atoms with Gasteiger partial charge in [0.1, 0.15) is 5.75 Å². The van der Waals surface area contributed by atoms with E-state index in [9.17, 15) is 19.5 Å². The lowest BCUT2D eigenvalue weighted by Gasteiger charge is -2.50. The van der Waals surface area contributed by atoms with Crippen LogP contribution in [-0.2, 0) is 24.6 Å². The highest BCUT2D eigenvalue weighted by Gasteiger charge is 2.70. The molecule has 5 aromatic rings. The van der Waals surface area contributed by atoms with E-state index < -0.39 is 35.0 Å². The monoisotopic (exact) mass is 719 g/mol. The molecule has 2 aliphatic heterocycles. The van der Waals surface area contributed by atoms with Crippen molar-refractivity contribution in [2.45, 2.75) is 24.2 Å². The van der Waals surface area contributed by atoms with Crippen LogP contribution in [0.15, 0.2) is 145 Å². The number of benzene rings is 5. The number of carbonyl (C=O) groups is 4. The molecule has 5 aromatic carbocycles. The van der Waals surface area contributed by atoms with Gasteiger partial charge in [0.25, 0.3) is 0 Å². The SMILES string of the molecule is O=C1C2CC=C3C(CC4C(=O)N(c5cccc(Cl)c5)C(=O)C4(c4ccccc4)C3c3ccc(O)cc3)C2C(=O)N1c1ccc(Nc2ccccc2)cc1. The van der Waals surface area contributed by atoms with Crippen molar-refractivity contribution in [2.75, 3.05) is 15.1 Å². The maximum atomic E-state index is 15.3. The van der Waals surface area contributed by atoms with E-state index >= 15 is 4.79 Å². The first-order valence-electron chi connectivity index (χ1n) is 17.8. The van der Waals surface area contributed by atoms with Gasteiger partial charge in [-0.1, -0.05) is 90.0 Å². The van der Waals surface area contributed by atoms with Gasteiger partial charge in [-0.3, -0.25) is 24.1 Å². The Morgan fingerprint density at radius 2 is 1.34 bits per heavy atom. The highest BCUT2D eigenvalue weighted by Crippen LogP contribution is 2.64. The number of anilines is 4. The smallest absolute Gasteiger partial charge is 0.246 e. The molecule has 4 aliphatic rings. The number of halogens is 1.